The Bertz CT molecular complexity index is 1030. The number of fused-ring (bicyclic) bond motifs is 1. The zero-order valence-electron chi connectivity index (χ0n) is 14.7. The molecule has 0 bridgehead atoms. The summed E-state index contributed by atoms with van der Waals surface area (Å²) >= 11 is 0. The number of nitrogens with one attached hydrogen (secondary N) is 1. The van der Waals surface area contributed by atoms with Gasteiger partial charge < -0.3 is 5.32 Å². The van der Waals surface area contributed by atoms with Gasteiger partial charge in [-0.15, -0.1) is 0 Å². The van der Waals surface area contributed by atoms with Crippen LogP contribution in [0.1, 0.15) is 30.4 Å². The molecule has 1 aliphatic carbocycles. The van der Waals surface area contributed by atoms with Crippen molar-refractivity contribution in [3.63, 3.8) is 0 Å². The standard InChI is InChI=1S/C18H20N6O2/c1-11-13-5-3-4-6-14(13)18(26)24(22-11)9-15(25)21-16(12-7-8-12)17-19-10-20-23(17)2/h3-6,10,12,16H,7-9H2,1-2H3,(H,21,25). The summed E-state index contributed by atoms with van der Waals surface area (Å²) < 4.78 is 2.90. The van der Waals surface area contributed by atoms with E-state index in [2.05, 4.69) is 20.5 Å². The smallest absolute Gasteiger partial charge is 0.275 e. The Morgan fingerprint density at radius 3 is 2.69 bits per heavy atom. The highest BCUT2D eigenvalue weighted by molar-refractivity contribution is 5.83. The van der Waals surface area contributed by atoms with E-state index in [1.807, 2.05) is 32.2 Å². The number of hydrogen-bond donors (Lipinski definition) is 1. The molecule has 4 rings (SSSR count). The number of carbonyl (C=O) groups is 1. The number of aromatic nitrogens is 5. The Kier molecular flexibility index (Phi) is 4.02. The Balaban J connectivity index is 1.58. The third-order valence-corrected chi connectivity index (χ3v) is 4.78. The fourth-order valence-corrected chi connectivity index (χ4v) is 3.28. The Morgan fingerprint density at radius 1 is 1.31 bits per heavy atom. The summed E-state index contributed by atoms with van der Waals surface area (Å²) in [5, 5.41) is 12.8. The first kappa shape index (κ1) is 16.4. The summed E-state index contributed by atoms with van der Waals surface area (Å²) in [7, 11) is 1.81. The number of carbonyl (C=O) groups excluding carboxylic acids is 1. The molecule has 0 spiro atoms. The van der Waals surface area contributed by atoms with E-state index in [1.165, 1.54) is 11.0 Å². The van der Waals surface area contributed by atoms with E-state index in [1.54, 1.807) is 10.7 Å². The molecular formula is C18H20N6O2. The normalized spacial score (nSPS) is 15.2. The largest absolute Gasteiger partial charge is 0.344 e. The quantitative estimate of drug-likeness (QED) is 0.742. The second-order valence-electron chi connectivity index (χ2n) is 6.72. The fourth-order valence-electron chi connectivity index (χ4n) is 3.28. The van der Waals surface area contributed by atoms with Gasteiger partial charge >= 0.3 is 0 Å². The highest BCUT2D eigenvalue weighted by Gasteiger charge is 2.36. The summed E-state index contributed by atoms with van der Waals surface area (Å²) in [6.07, 6.45) is 3.58. The number of benzene rings is 1. The highest BCUT2D eigenvalue weighted by atomic mass is 16.2. The Hall–Kier alpha value is -3.03. The van der Waals surface area contributed by atoms with Crippen molar-refractivity contribution in [3.8, 4) is 0 Å². The Morgan fingerprint density at radius 2 is 2.04 bits per heavy atom. The van der Waals surface area contributed by atoms with Crippen molar-refractivity contribution in [2.24, 2.45) is 13.0 Å². The maximum Gasteiger partial charge on any atom is 0.275 e. The average molecular weight is 352 g/mol. The predicted octanol–water partition coefficient (Wildman–Crippen LogP) is 1.10. The van der Waals surface area contributed by atoms with Gasteiger partial charge in [0.25, 0.3) is 5.56 Å². The van der Waals surface area contributed by atoms with Gasteiger partial charge in [-0.3, -0.25) is 14.3 Å². The van der Waals surface area contributed by atoms with Crippen LogP contribution in [-0.2, 0) is 18.4 Å². The molecule has 3 aromatic rings. The van der Waals surface area contributed by atoms with Crippen molar-refractivity contribution in [2.75, 3.05) is 0 Å². The average Bonchev–Trinajstić information content (AvgIpc) is 3.39. The number of hydrogen-bond acceptors (Lipinski definition) is 5. The minimum absolute atomic E-state index is 0.119. The lowest BCUT2D eigenvalue weighted by atomic mass is 10.1. The van der Waals surface area contributed by atoms with E-state index in [-0.39, 0.29) is 24.1 Å². The van der Waals surface area contributed by atoms with Crippen LogP contribution in [0.4, 0.5) is 0 Å². The van der Waals surface area contributed by atoms with Crippen molar-refractivity contribution in [3.05, 3.63) is 52.5 Å². The van der Waals surface area contributed by atoms with Gasteiger partial charge in [0.05, 0.1) is 17.1 Å². The summed E-state index contributed by atoms with van der Waals surface area (Å²) in [6.45, 7) is 1.72. The van der Waals surface area contributed by atoms with Gasteiger partial charge in [0.2, 0.25) is 5.91 Å². The lowest BCUT2D eigenvalue weighted by Crippen LogP contribution is -2.37. The van der Waals surface area contributed by atoms with Crippen LogP contribution in [0.3, 0.4) is 0 Å². The molecule has 26 heavy (non-hydrogen) atoms. The molecule has 0 radical (unpaired) electrons. The lowest BCUT2D eigenvalue weighted by molar-refractivity contribution is -0.122. The SMILES string of the molecule is Cc1nn(CC(=O)NC(c2ncnn2C)C2CC2)c(=O)c2ccccc12. The molecule has 1 amide bonds. The molecule has 1 fully saturated rings. The van der Waals surface area contributed by atoms with E-state index in [0.717, 1.165) is 29.7 Å². The van der Waals surface area contributed by atoms with E-state index in [0.29, 0.717) is 11.3 Å². The maximum absolute atomic E-state index is 12.6. The molecule has 2 aromatic heterocycles. The maximum atomic E-state index is 12.6. The van der Waals surface area contributed by atoms with Gasteiger partial charge in [-0.1, -0.05) is 18.2 Å². The van der Waals surface area contributed by atoms with Crippen molar-refractivity contribution in [2.45, 2.75) is 32.4 Å². The van der Waals surface area contributed by atoms with Crippen LogP contribution in [0.25, 0.3) is 10.8 Å². The summed E-state index contributed by atoms with van der Waals surface area (Å²) in [5.41, 5.74) is 0.461. The summed E-state index contributed by atoms with van der Waals surface area (Å²) in [4.78, 5) is 29.5. The monoisotopic (exact) mass is 352 g/mol. The molecule has 2 heterocycles. The van der Waals surface area contributed by atoms with Crippen LogP contribution >= 0.6 is 0 Å². The zero-order chi connectivity index (χ0) is 18.3. The minimum atomic E-state index is -0.261. The second-order valence-corrected chi connectivity index (χ2v) is 6.72. The molecule has 8 heteroatoms. The first-order valence-corrected chi connectivity index (χ1v) is 8.64. The Labute approximate surface area is 149 Å². The van der Waals surface area contributed by atoms with Gasteiger partial charge in [-0.2, -0.15) is 10.2 Å². The third kappa shape index (κ3) is 2.98. The lowest BCUT2D eigenvalue weighted by Gasteiger charge is -2.17. The fraction of sp³-hybridized carbons (Fsp3) is 0.389. The molecule has 1 aromatic carbocycles. The van der Waals surface area contributed by atoms with Gasteiger partial charge in [-0.25, -0.2) is 9.67 Å². The minimum Gasteiger partial charge on any atom is -0.344 e. The van der Waals surface area contributed by atoms with E-state index >= 15 is 0 Å². The van der Waals surface area contributed by atoms with Crippen molar-refractivity contribution >= 4 is 16.7 Å². The molecular weight excluding hydrogens is 332 g/mol. The summed E-state index contributed by atoms with van der Waals surface area (Å²) in [5.74, 6) is 0.843. The molecule has 0 saturated heterocycles. The highest BCUT2D eigenvalue weighted by Crippen LogP contribution is 2.40. The first-order valence-electron chi connectivity index (χ1n) is 8.64. The van der Waals surface area contributed by atoms with E-state index < -0.39 is 0 Å². The molecule has 134 valence electrons. The number of nitrogens with zero attached hydrogens (tertiary/aromatic N) is 5. The van der Waals surface area contributed by atoms with Crippen LogP contribution < -0.4 is 10.9 Å². The first-order chi connectivity index (χ1) is 12.5. The van der Waals surface area contributed by atoms with Crippen LogP contribution in [0.5, 0.6) is 0 Å². The number of rotatable bonds is 5. The molecule has 0 aliphatic heterocycles. The topological polar surface area (TPSA) is 94.7 Å². The van der Waals surface area contributed by atoms with Crippen LogP contribution in [0.2, 0.25) is 0 Å². The number of amides is 1. The van der Waals surface area contributed by atoms with Crippen LogP contribution in [0.15, 0.2) is 35.4 Å². The molecule has 1 unspecified atom stereocenters. The molecule has 1 N–H and O–H groups in total. The van der Waals surface area contributed by atoms with Gasteiger partial charge in [-0.05, 0) is 31.7 Å². The summed E-state index contributed by atoms with van der Waals surface area (Å²) in [6, 6.07) is 7.11. The van der Waals surface area contributed by atoms with Gasteiger partial charge in [0.15, 0.2) is 0 Å². The molecule has 1 saturated carbocycles. The van der Waals surface area contributed by atoms with Crippen molar-refractivity contribution in [1.82, 2.24) is 29.9 Å². The number of aryl methyl sites for hydroxylation is 2. The predicted molar refractivity (Wildman–Crippen MR) is 95.4 cm³/mol. The zero-order valence-corrected chi connectivity index (χ0v) is 14.7. The van der Waals surface area contributed by atoms with Gasteiger partial charge in [0.1, 0.15) is 18.7 Å². The molecule has 1 atom stereocenters. The van der Waals surface area contributed by atoms with Crippen molar-refractivity contribution in [1.29, 1.82) is 0 Å². The van der Waals surface area contributed by atoms with Gasteiger partial charge in [0, 0.05) is 12.4 Å². The van der Waals surface area contributed by atoms with E-state index in [9.17, 15) is 9.59 Å². The molecule has 8 nitrogen and oxygen atoms in total. The van der Waals surface area contributed by atoms with Crippen LogP contribution in [0, 0.1) is 12.8 Å². The molecule has 1 aliphatic rings. The van der Waals surface area contributed by atoms with Crippen LogP contribution in [-0.4, -0.2) is 30.5 Å². The van der Waals surface area contributed by atoms with E-state index in [4.69, 9.17) is 0 Å². The third-order valence-electron chi connectivity index (χ3n) is 4.78. The second kappa shape index (κ2) is 6.36. The van der Waals surface area contributed by atoms with Crippen molar-refractivity contribution < 1.29 is 4.79 Å².